The number of nitrogens with zero attached hydrogens (tertiary/aromatic N) is 3. The number of hydrogen-bond acceptors (Lipinski definition) is 7. The van der Waals surface area contributed by atoms with Crippen LogP contribution in [0.4, 0.5) is 5.13 Å². The second-order valence-electron chi connectivity index (χ2n) is 3.82. The number of anilines is 1. The highest BCUT2D eigenvalue weighted by Crippen LogP contribution is 2.10. The molecule has 8 nitrogen and oxygen atoms in total. The molecule has 1 heterocycles. The van der Waals surface area contributed by atoms with E-state index in [1.54, 1.807) is 0 Å². The van der Waals surface area contributed by atoms with Crippen molar-refractivity contribution in [2.45, 2.75) is 19.4 Å². The van der Waals surface area contributed by atoms with Gasteiger partial charge in [-0.2, -0.15) is 0 Å². The molecule has 0 saturated heterocycles. The minimum atomic E-state index is -0.250. The number of nitrogens with one attached hydrogen (secondary N) is 1. The fraction of sp³-hybridized carbons (Fsp3) is 0.600. The van der Waals surface area contributed by atoms with Crippen LogP contribution < -0.4 is 11.1 Å². The Bertz CT molecular complexity index is 396. The van der Waals surface area contributed by atoms with Crippen LogP contribution in [0, 0.1) is 0 Å². The van der Waals surface area contributed by atoms with E-state index in [9.17, 15) is 4.79 Å². The highest BCUT2D eigenvalue weighted by atomic mass is 32.1. The van der Waals surface area contributed by atoms with E-state index in [0.717, 1.165) is 5.01 Å². The standard InChI is InChI=1S/C9H17N5OS.CH2O2/c1-6(14(2)3)8(15)11-5-4-7-12-13-9(10)16-7;2-1-3/h6H,4-5H2,1-3H3,(H2,10,13)(H,11,15);1H,(H,2,3). The Kier molecular flexibility index (Phi) is 8.38. The molecule has 1 unspecified atom stereocenters. The van der Waals surface area contributed by atoms with Gasteiger partial charge in [-0.1, -0.05) is 11.3 Å². The third kappa shape index (κ3) is 7.32. The second kappa shape index (κ2) is 9.22. The molecule has 0 radical (unpaired) electrons. The Labute approximate surface area is 115 Å². The van der Waals surface area contributed by atoms with Gasteiger partial charge in [-0.3, -0.25) is 14.5 Å². The van der Waals surface area contributed by atoms with Gasteiger partial charge in [0.1, 0.15) is 5.01 Å². The number of nitrogen functional groups attached to an aromatic ring is 1. The first-order valence-electron chi connectivity index (χ1n) is 5.52. The fourth-order valence-electron chi connectivity index (χ4n) is 1.04. The number of hydrogen-bond donors (Lipinski definition) is 3. The average molecular weight is 289 g/mol. The SMILES string of the molecule is CC(C(=O)NCCc1nnc(N)s1)N(C)C.O=CO. The topological polar surface area (TPSA) is 121 Å². The third-order valence-corrected chi connectivity index (χ3v) is 3.09. The number of carbonyl (C=O) groups excluding carboxylic acids is 1. The molecule has 0 spiro atoms. The summed E-state index contributed by atoms with van der Waals surface area (Å²) in [7, 11) is 3.74. The molecule has 0 saturated carbocycles. The number of rotatable bonds is 5. The van der Waals surface area contributed by atoms with Crippen molar-refractivity contribution >= 4 is 28.8 Å². The predicted octanol–water partition coefficient (Wildman–Crippen LogP) is -0.570. The summed E-state index contributed by atoms with van der Waals surface area (Å²) in [5.74, 6) is 0.0162. The molecule has 9 heteroatoms. The van der Waals surface area contributed by atoms with Crippen molar-refractivity contribution in [1.82, 2.24) is 20.4 Å². The molecule has 1 rings (SSSR count). The summed E-state index contributed by atoms with van der Waals surface area (Å²) in [6.07, 6.45) is 0.667. The summed E-state index contributed by atoms with van der Waals surface area (Å²) in [5, 5.41) is 18.6. The number of aromatic nitrogens is 2. The molecule has 0 aliphatic rings. The maximum absolute atomic E-state index is 11.6. The van der Waals surface area contributed by atoms with Crippen LogP contribution in [0.25, 0.3) is 0 Å². The van der Waals surface area contributed by atoms with E-state index in [-0.39, 0.29) is 18.4 Å². The van der Waals surface area contributed by atoms with Crippen molar-refractivity contribution in [2.75, 3.05) is 26.4 Å². The summed E-state index contributed by atoms with van der Waals surface area (Å²) >= 11 is 1.35. The van der Waals surface area contributed by atoms with Crippen molar-refractivity contribution in [3.63, 3.8) is 0 Å². The van der Waals surface area contributed by atoms with Gasteiger partial charge in [-0.25, -0.2) is 0 Å². The maximum Gasteiger partial charge on any atom is 0.290 e. The normalized spacial score (nSPS) is 11.4. The maximum atomic E-state index is 11.6. The largest absolute Gasteiger partial charge is 0.483 e. The summed E-state index contributed by atoms with van der Waals surface area (Å²) < 4.78 is 0. The number of likely N-dealkylation sites (N-methyl/N-ethyl adjacent to an activating group) is 1. The fourth-order valence-corrected chi connectivity index (χ4v) is 1.65. The molecule has 0 aromatic carbocycles. The Morgan fingerprint density at radius 2 is 2.16 bits per heavy atom. The molecule has 1 atom stereocenters. The van der Waals surface area contributed by atoms with E-state index in [2.05, 4.69) is 15.5 Å². The molecule has 4 N–H and O–H groups in total. The second-order valence-corrected chi connectivity index (χ2v) is 4.91. The summed E-state index contributed by atoms with van der Waals surface area (Å²) in [4.78, 5) is 21.8. The van der Waals surface area contributed by atoms with Gasteiger partial charge in [0.2, 0.25) is 11.0 Å². The van der Waals surface area contributed by atoms with E-state index in [1.165, 1.54) is 11.3 Å². The lowest BCUT2D eigenvalue weighted by atomic mass is 10.3. The van der Waals surface area contributed by atoms with Gasteiger partial charge in [0.15, 0.2) is 0 Å². The third-order valence-electron chi connectivity index (χ3n) is 2.27. The number of carboxylic acid groups (broad SMARTS) is 1. The highest BCUT2D eigenvalue weighted by Gasteiger charge is 2.14. The lowest BCUT2D eigenvalue weighted by Gasteiger charge is -2.18. The van der Waals surface area contributed by atoms with Crippen molar-refractivity contribution in [1.29, 1.82) is 0 Å². The van der Waals surface area contributed by atoms with Crippen LogP contribution >= 0.6 is 11.3 Å². The Hall–Kier alpha value is -1.74. The minimum absolute atomic E-state index is 0.0162. The first-order chi connectivity index (χ1) is 8.92. The van der Waals surface area contributed by atoms with Gasteiger partial charge in [0, 0.05) is 13.0 Å². The van der Waals surface area contributed by atoms with Crippen LogP contribution in [0.2, 0.25) is 0 Å². The van der Waals surface area contributed by atoms with Gasteiger partial charge in [0.05, 0.1) is 6.04 Å². The summed E-state index contributed by atoms with van der Waals surface area (Å²) in [6.45, 7) is 2.17. The number of carbonyl (C=O) groups is 2. The number of amides is 1. The Morgan fingerprint density at radius 1 is 1.58 bits per heavy atom. The smallest absolute Gasteiger partial charge is 0.290 e. The van der Waals surface area contributed by atoms with Crippen LogP contribution in [0.15, 0.2) is 0 Å². The molecular formula is C10H19N5O3S. The van der Waals surface area contributed by atoms with E-state index in [4.69, 9.17) is 15.6 Å². The van der Waals surface area contributed by atoms with Crippen LogP contribution in [-0.4, -0.2) is 59.3 Å². The first kappa shape index (κ1) is 17.3. The molecule has 0 aliphatic heterocycles. The highest BCUT2D eigenvalue weighted by molar-refractivity contribution is 7.15. The Balaban J connectivity index is 0.000000982. The van der Waals surface area contributed by atoms with Crippen molar-refractivity contribution in [3.8, 4) is 0 Å². The minimum Gasteiger partial charge on any atom is -0.483 e. The molecular weight excluding hydrogens is 270 g/mol. The molecule has 108 valence electrons. The quantitative estimate of drug-likeness (QED) is 0.620. The molecule has 0 aliphatic carbocycles. The van der Waals surface area contributed by atoms with Crippen LogP contribution in [0.5, 0.6) is 0 Å². The van der Waals surface area contributed by atoms with Crippen LogP contribution in [-0.2, 0) is 16.0 Å². The molecule has 19 heavy (non-hydrogen) atoms. The lowest BCUT2D eigenvalue weighted by molar-refractivity contribution is -0.125. The molecule has 0 fully saturated rings. The van der Waals surface area contributed by atoms with Gasteiger partial charge >= 0.3 is 0 Å². The van der Waals surface area contributed by atoms with E-state index >= 15 is 0 Å². The summed E-state index contributed by atoms with van der Waals surface area (Å²) in [5.41, 5.74) is 5.45. The van der Waals surface area contributed by atoms with Crippen LogP contribution in [0.3, 0.4) is 0 Å². The van der Waals surface area contributed by atoms with E-state index in [1.807, 2.05) is 25.9 Å². The van der Waals surface area contributed by atoms with E-state index < -0.39 is 0 Å². The Morgan fingerprint density at radius 3 is 2.58 bits per heavy atom. The predicted molar refractivity (Wildman–Crippen MR) is 72.9 cm³/mol. The zero-order valence-corrected chi connectivity index (χ0v) is 12.0. The van der Waals surface area contributed by atoms with Crippen molar-refractivity contribution in [2.24, 2.45) is 0 Å². The molecule has 1 aromatic heterocycles. The average Bonchev–Trinajstić information content (AvgIpc) is 2.75. The lowest BCUT2D eigenvalue weighted by Crippen LogP contribution is -2.42. The van der Waals surface area contributed by atoms with Crippen LogP contribution in [0.1, 0.15) is 11.9 Å². The zero-order chi connectivity index (χ0) is 14.8. The molecule has 1 aromatic rings. The van der Waals surface area contributed by atoms with Crippen molar-refractivity contribution < 1.29 is 14.7 Å². The van der Waals surface area contributed by atoms with Crippen molar-refractivity contribution in [3.05, 3.63) is 5.01 Å². The summed E-state index contributed by atoms with van der Waals surface area (Å²) in [6, 6.07) is -0.125. The molecule has 1 amide bonds. The van der Waals surface area contributed by atoms with Gasteiger partial charge in [-0.15, -0.1) is 10.2 Å². The molecule has 0 bridgehead atoms. The monoisotopic (exact) mass is 289 g/mol. The van der Waals surface area contributed by atoms with Gasteiger partial charge in [0.25, 0.3) is 6.47 Å². The van der Waals surface area contributed by atoms with E-state index in [0.29, 0.717) is 18.1 Å². The van der Waals surface area contributed by atoms with Gasteiger partial charge < -0.3 is 16.2 Å². The number of nitrogens with two attached hydrogens (primary N) is 1. The first-order valence-corrected chi connectivity index (χ1v) is 6.33. The zero-order valence-electron chi connectivity index (χ0n) is 11.2. The van der Waals surface area contributed by atoms with Gasteiger partial charge in [-0.05, 0) is 21.0 Å².